The van der Waals surface area contributed by atoms with Crippen molar-refractivity contribution in [3.8, 4) is 11.1 Å². The molecule has 2 heterocycles. The van der Waals surface area contributed by atoms with Crippen molar-refractivity contribution in [2.45, 2.75) is 12.8 Å². The quantitative estimate of drug-likeness (QED) is 0.671. The number of piperidine rings is 1. The Labute approximate surface area is 173 Å². The molecular formula is C22H20ClFN4O. The molecule has 29 heavy (non-hydrogen) atoms. The lowest BCUT2D eigenvalue weighted by Crippen LogP contribution is -2.41. The zero-order valence-corrected chi connectivity index (χ0v) is 16.4. The van der Waals surface area contributed by atoms with Gasteiger partial charge in [-0.2, -0.15) is 0 Å². The number of rotatable bonds is 4. The van der Waals surface area contributed by atoms with Gasteiger partial charge in [0.1, 0.15) is 5.82 Å². The van der Waals surface area contributed by atoms with Crippen LogP contribution in [-0.4, -0.2) is 29.0 Å². The Balaban J connectivity index is 1.42. The lowest BCUT2D eigenvalue weighted by molar-refractivity contribution is -0.120. The van der Waals surface area contributed by atoms with Gasteiger partial charge in [0.25, 0.3) is 0 Å². The summed E-state index contributed by atoms with van der Waals surface area (Å²) in [7, 11) is 0. The molecule has 0 aliphatic carbocycles. The Kier molecular flexibility index (Phi) is 5.71. The van der Waals surface area contributed by atoms with E-state index in [4.69, 9.17) is 11.6 Å². The van der Waals surface area contributed by atoms with Crippen LogP contribution in [-0.2, 0) is 4.79 Å². The molecular weight excluding hydrogens is 391 g/mol. The fourth-order valence-electron chi connectivity index (χ4n) is 3.46. The smallest absolute Gasteiger partial charge is 0.229 e. The number of nitrogens with zero attached hydrogens (tertiary/aromatic N) is 3. The van der Waals surface area contributed by atoms with Crippen LogP contribution in [0.5, 0.6) is 0 Å². The van der Waals surface area contributed by atoms with Crippen molar-refractivity contribution in [2.24, 2.45) is 5.92 Å². The van der Waals surface area contributed by atoms with Gasteiger partial charge < -0.3 is 10.2 Å². The number of carbonyl (C=O) groups is 1. The molecule has 1 N–H and O–H groups in total. The normalized spacial score (nSPS) is 16.5. The third-order valence-corrected chi connectivity index (χ3v) is 5.30. The van der Waals surface area contributed by atoms with Crippen LogP contribution in [0.4, 0.5) is 16.0 Å². The Bertz CT molecular complexity index is 997. The van der Waals surface area contributed by atoms with Crippen LogP contribution in [0.25, 0.3) is 11.1 Å². The third-order valence-electron chi connectivity index (χ3n) is 5.01. The van der Waals surface area contributed by atoms with E-state index >= 15 is 0 Å². The summed E-state index contributed by atoms with van der Waals surface area (Å²) in [6, 6.07) is 14.1. The first kappa shape index (κ1) is 19.3. The highest BCUT2D eigenvalue weighted by atomic mass is 35.5. The number of halogens is 2. The number of aromatic nitrogens is 2. The predicted octanol–water partition coefficient (Wildman–Crippen LogP) is 4.79. The van der Waals surface area contributed by atoms with E-state index in [2.05, 4.69) is 15.3 Å². The fourth-order valence-corrected chi connectivity index (χ4v) is 3.64. The average Bonchev–Trinajstić information content (AvgIpc) is 2.77. The second-order valence-electron chi connectivity index (χ2n) is 7.04. The molecule has 148 valence electrons. The van der Waals surface area contributed by atoms with Crippen molar-refractivity contribution in [1.82, 2.24) is 9.97 Å². The summed E-state index contributed by atoms with van der Waals surface area (Å²) in [4.78, 5) is 23.7. The first-order valence-electron chi connectivity index (χ1n) is 9.48. The second kappa shape index (κ2) is 8.57. The number of amides is 1. The molecule has 0 unspecified atom stereocenters. The highest BCUT2D eigenvalue weighted by Gasteiger charge is 2.27. The fraction of sp³-hybridized carbons (Fsp3) is 0.227. The van der Waals surface area contributed by atoms with Crippen molar-refractivity contribution >= 4 is 29.1 Å². The monoisotopic (exact) mass is 410 g/mol. The van der Waals surface area contributed by atoms with Gasteiger partial charge in [0.2, 0.25) is 11.9 Å². The molecule has 1 saturated heterocycles. The Hall–Kier alpha value is -2.99. The van der Waals surface area contributed by atoms with E-state index in [9.17, 15) is 9.18 Å². The number of anilines is 2. The molecule has 4 rings (SSSR count). The molecule has 0 saturated carbocycles. The Morgan fingerprint density at radius 1 is 1.10 bits per heavy atom. The van der Waals surface area contributed by atoms with Gasteiger partial charge in [-0.15, -0.1) is 0 Å². The van der Waals surface area contributed by atoms with Crippen LogP contribution in [0.15, 0.2) is 60.9 Å². The molecule has 1 aromatic heterocycles. The van der Waals surface area contributed by atoms with Crippen LogP contribution in [0.2, 0.25) is 5.02 Å². The van der Waals surface area contributed by atoms with Gasteiger partial charge in [0.15, 0.2) is 0 Å². The van der Waals surface area contributed by atoms with Crippen molar-refractivity contribution < 1.29 is 9.18 Å². The largest absolute Gasteiger partial charge is 0.340 e. The highest BCUT2D eigenvalue weighted by Crippen LogP contribution is 2.25. The van der Waals surface area contributed by atoms with E-state index in [-0.39, 0.29) is 16.8 Å². The highest BCUT2D eigenvalue weighted by molar-refractivity contribution is 6.31. The summed E-state index contributed by atoms with van der Waals surface area (Å²) in [6.45, 7) is 1.34. The van der Waals surface area contributed by atoms with Crippen molar-refractivity contribution in [3.63, 3.8) is 0 Å². The van der Waals surface area contributed by atoms with Gasteiger partial charge in [-0.05, 0) is 36.6 Å². The molecule has 1 aliphatic rings. The summed E-state index contributed by atoms with van der Waals surface area (Å²) in [6.07, 6.45) is 5.26. The minimum absolute atomic E-state index is 0.0139. The molecule has 3 aromatic rings. The summed E-state index contributed by atoms with van der Waals surface area (Å²) in [5.41, 5.74) is 2.50. The molecule has 0 spiro atoms. The van der Waals surface area contributed by atoms with Gasteiger partial charge >= 0.3 is 0 Å². The second-order valence-corrected chi connectivity index (χ2v) is 7.45. The van der Waals surface area contributed by atoms with Gasteiger partial charge in [-0.25, -0.2) is 14.4 Å². The molecule has 0 bridgehead atoms. The van der Waals surface area contributed by atoms with E-state index in [1.54, 1.807) is 0 Å². The zero-order valence-electron chi connectivity index (χ0n) is 15.7. The maximum Gasteiger partial charge on any atom is 0.229 e. The number of hydrogen-bond donors (Lipinski definition) is 1. The van der Waals surface area contributed by atoms with Gasteiger partial charge in [0, 0.05) is 36.7 Å². The van der Waals surface area contributed by atoms with Crippen molar-refractivity contribution in [3.05, 3.63) is 71.8 Å². The molecule has 7 heteroatoms. The summed E-state index contributed by atoms with van der Waals surface area (Å²) in [5.74, 6) is -0.208. The number of nitrogens with one attached hydrogen (secondary N) is 1. The SMILES string of the molecule is O=C(Nc1ccc(F)c(Cl)c1)[C@H]1CCCN(c2ncc(-c3ccccc3)cn2)C1. The first-order valence-corrected chi connectivity index (χ1v) is 9.86. The van der Waals surface area contributed by atoms with E-state index in [0.29, 0.717) is 18.2 Å². The van der Waals surface area contributed by atoms with E-state index < -0.39 is 5.82 Å². The lowest BCUT2D eigenvalue weighted by atomic mass is 9.97. The summed E-state index contributed by atoms with van der Waals surface area (Å²) >= 11 is 5.79. The number of hydrogen-bond acceptors (Lipinski definition) is 4. The predicted molar refractivity (Wildman–Crippen MR) is 112 cm³/mol. The summed E-state index contributed by atoms with van der Waals surface area (Å²) in [5, 5.41) is 2.81. The van der Waals surface area contributed by atoms with Crippen LogP contribution >= 0.6 is 11.6 Å². The molecule has 1 amide bonds. The van der Waals surface area contributed by atoms with Crippen LogP contribution in [0, 0.1) is 11.7 Å². The maximum atomic E-state index is 13.3. The summed E-state index contributed by atoms with van der Waals surface area (Å²) < 4.78 is 13.3. The minimum atomic E-state index is -0.510. The molecule has 1 fully saturated rings. The Morgan fingerprint density at radius 3 is 2.59 bits per heavy atom. The molecule has 0 radical (unpaired) electrons. The van der Waals surface area contributed by atoms with Crippen molar-refractivity contribution in [1.29, 1.82) is 0 Å². The lowest BCUT2D eigenvalue weighted by Gasteiger charge is -2.32. The average molecular weight is 411 g/mol. The minimum Gasteiger partial charge on any atom is -0.340 e. The van der Waals surface area contributed by atoms with E-state index in [1.165, 1.54) is 18.2 Å². The molecule has 5 nitrogen and oxygen atoms in total. The van der Waals surface area contributed by atoms with Gasteiger partial charge in [-0.3, -0.25) is 4.79 Å². The van der Waals surface area contributed by atoms with Crippen LogP contribution in [0.1, 0.15) is 12.8 Å². The number of carbonyl (C=O) groups excluding carboxylic acids is 1. The van der Waals surface area contributed by atoms with Gasteiger partial charge in [0.05, 0.1) is 10.9 Å². The Morgan fingerprint density at radius 2 is 1.86 bits per heavy atom. The van der Waals surface area contributed by atoms with Crippen LogP contribution in [0.3, 0.4) is 0 Å². The third kappa shape index (κ3) is 4.54. The number of benzene rings is 2. The van der Waals surface area contributed by atoms with Crippen LogP contribution < -0.4 is 10.2 Å². The van der Waals surface area contributed by atoms with Crippen molar-refractivity contribution in [2.75, 3.05) is 23.3 Å². The zero-order chi connectivity index (χ0) is 20.2. The maximum absolute atomic E-state index is 13.3. The standard InChI is InChI=1S/C22H20ClFN4O/c23-19-11-18(8-9-20(19)24)27-21(29)16-7-4-10-28(14-16)22-25-12-17(13-26-22)15-5-2-1-3-6-15/h1-3,5-6,8-9,11-13,16H,4,7,10,14H2,(H,27,29)/t16-/m0/s1. The first-order chi connectivity index (χ1) is 14.1. The van der Waals surface area contributed by atoms with E-state index in [1.807, 2.05) is 47.6 Å². The molecule has 1 atom stereocenters. The van der Waals surface area contributed by atoms with Gasteiger partial charge in [-0.1, -0.05) is 41.9 Å². The van der Waals surface area contributed by atoms with E-state index in [0.717, 1.165) is 30.5 Å². The molecule has 1 aliphatic heterocycles. The molecule has 2 aromatic carbocycles. The topological polar surface area (TPSA) is 58.1 Å².